The molecule has 1 heterocycles. The molecule has 0 radical (unpaired) electrons. The second-order valence-electron chi connectivity index (χ2n) is 5.82. The van der Waals surface area contributed by atoms with Gasteiger partial charge in [-0.05, 0) is 26.2 Å². The lowest BCUT2D eigenvalue weighted by atomic mass is 9.91. The minimum absolute atomic E-state index is 0.0380. The van der Waals surface area contributed by atoms with E-state index in [1.54, 1.807) is 16.5 Å². The van der Waals surface area contributed by atoms with E-state index in [-0.39, 0.29) is 16.8 Å². The molecular formula is C15H24N2O3S. The Morgan fingerprint density at radius 3 is 2.81 bits per heavy atom. The highest BCUT2D eigenvalue weighted by atomic mass is 32.1. The molecule has 1 aromatic rings. The maximum absolute atomic E-state index is 12.2. The van der Waals surface area contributed by atoms with Crippen molar-refractivity contribution in [3.05, 3.63) is 20.7 Å². The molecule has 0 spiro atoms. The van der Waals surface area contributed by atoms with Gasteiger partial charge in [0.2, 0.25) is 5.91 Å². The lowest BCUT2D eigenvalue weighted by Crippen LogP contribution is -2.46. The highest BCUT2D eigenvalue weighted by molar-refractivity contribution is 7.07. The van der Waals surface area contributed by atoms with E-state index in [0.717, 1.165) is 31.4 Å². The van der Waals surface area contributed by atoms with Gasteiger partial charge in [0.15, 0.2) is 0 Å². The van der Waals surface area contributed by atoms with Crippen LogP contribution in [0.2, 0.25) is 0 Å². The predicted molar refractivity (Wildman–Crippen MR) is 83.6 cm³/mol. The molecule has 1 aliphatic carbocycles. The van der Waals surface area contributed by atoms with Gasteiger partial charge in [0, 0.05) is 31.1 Å². The number of aromatic nitrogens is 1. The van der Waals surface area contributed by atoms with Crippen LogP contribution in [0, 0.1) is 6.92 Å². The van der Waals surface area contributed by atoms with Crippen LogP contribution in [0.1, 0.15) is 44.2 Å². The first kappa shape index (κ1) is 16.2. The average Bonchev–Trinajstić information content (AvgIpc) is 2.78. The van der Waals surface area contributed by atoms with Crippen LogP contribution >= 0.6 is 11.3 Å². The number of thiazole rings is 1. The molecular weight excluding hydrogens is 288 g/mol. The number of amides is 1. The highest BCUT2D eigenvalue weighted by Crippen LogP contribution is 2.23. The number of carbonyl (C=O) groups excluding carboxylic acids is 1. The largest absolute Gasteiger partial charge is 0.391 e. The van der Waals surface area contributed by atoms with Gasteiger partial charge in [0.25, 0.3) is 0 Å². The van der Waals surface area contributed by atoms with Crippen molar-refractivity contribution in [3.63, 3.8) is 0 Å². The van der Waals surface area contributed by atoms with Crippen molar-refractivity contribution in [3.8, 4) is 0 Å². The summed E-state index contributed by atoms with van der Waals surface area (Å²) in [5.41, 5.74) is 0.952. The Hall–Kier alpha value is -1.14. The second kappa shape index (κ2) is 7.22. The van der Waals surface area contributed by atoms with Gasteiger partial charge in [-0.1, -0.05) is 24.2 Å². The van der Waals surface area contributed by atoms with Crippen LogP contribution in [0.5, 0.6) is 0 Å². The van der Waals surface area contributed by atoms with E-state index in [1.165, 1.54) is 11.3 Å². The normalized spacial score (nSPS) is 22.2. The van der Waals surface area contributed by atoms with Crippen molar-refractivity contribution in [2.75, 3.05) is 7.05 Å². The Morgan fingerprint density at radius 1 is 1.48 bits per heavy atom. The minimum atomic E-state index is -0.394. The molecule has 118 valence electrons. The molecule has 1 amide bonds. The maximum Gasteiger partial charge on any atom is 0.307 e. The van der Waals surface area contributed by atoms with Crippen molar-refractivity contribution in [2.24, 2.45) is 0 Å². The molecule has 1 fully saturated rings. The molecule has 2 unspecified atom stereocenters. The average molecular weight is 312 g/mol. The number of carbonyl (C=O) groups is 1. The van der Waals surface area contributed by atoms with Crippen LogP contribution in [0.4, 0.5) is 0 Å². The lowest BCUT2D eigenvalue weighted by molar-refractivity contribution is -0.135. The number of likely N-dealkylation sites (N-methyl/N-ethyl adjacent to an activating group) is 1. The fraction of sp³-hybridized carbons (Fsp3) is 0.733. The quantitative estimate of drug-likeness (QED) is 0.901. The van der Waals surface area contributed by atoms with Crippen molar-refractivity contribution >= 4 is 17.2 Å². The van der Waals surface area contributed by atoms with E-state index in [4.69, 9.17) is 0 Å². The van der Waals surface area contributed by atoms with Gasteiger partial charge in [-0.2, -0.15) is 0 Å². The number of nitrogens with zero attached hydrogens (tertiary/aromatic N) is 2. The number of aliphatic hydroxyl groups excluding tert-OH is 1. The zero-order chi connectivity index (χ0) is 15.4. The summed E-state index contributed by atoms with van der Waals surface area (Å²) in [4.78, 5) is 25.5. The summed E-state index contributed by atoms with van der Waals surface area (Å²) >= 11 is 1.20. The van der Waals surface area contributed by atoms with Crippen LogP contribution in [-0.2, 0) is 11.3 Å². The van der Waals surface area contributed by atoms with E-state index >= 15 is 0 Å². The molecule has 0 aliphatic heterocycles. The monoisotopic (exact) mass is 312 g/mol. The Kier molecular flexibility index (Phi) is 5.58. The summed E-state index contributed by atoms with van der Waals surface area (Å²) in [7, 11) is 1.78. The Labute approximate surface area is 129 Å². The highest BCUT2D eigenvalue weighted by Gasteiger charge is 2.28. The van der Waals surface area contributed by atoms with Crippen LogP contribution < -0.4 is 4.87 Å². The number of aryl methyl sites for hydroxylation is 1. The van der Waals surface area contributed by atoms with Gasteiger partial charge in [0.1, 0.15) is 0 Å². The van der Waals surface area contributed by atoms with Gasteiger partial charge in [-0.3, -0.25) is 9.59 Å². The van der Waals surface area contributed by atoms with Crippen molar-refractivity contribution in [2.45, 2.75) is 64.1 Å². The van der Waals surface area contributed by atoms with Crippen LogP contribution in [0.15, 0.2) is 10.2 Å². The van der Waals surface area contributed by atoms with E-state index in [0.29, 0.717) is 19.4 Å². The molecule has 1 aromatic heterocycles. The number of hydrogen-bond donors (Lipinski definition) is 1. The van der Waals surface area contributed by atoms with Crippen molar-refractivity contribution in [1.29, 1.82) is 0 Å². The SMILES string of the molecule is Cc1csc(=O)n1CCCC(=O)N(C)C1CCCCC1O. The molecule has 6 heteroatoms. The summed E-state index contributed by atoms with van der Waals surface area (Å²) in [5.74, 6) is 0.0573. The topological polar surface area (TPSA) is 62.5 Å². The molecule has 1 aliphatic rings. The van der Waals surface area contributed by atoms with Gasteiger partial charge in [-0.25, -0.2) is 0 Å². The number of rotatable bonds is 5. The first-order valence-electron chi connectivity index (χ1n) is 7.59. The van der Waals surface area contributed by atoms with Gasteiger partial charge in [0.05, 0.1) is 12.1 Å². The fourth-order valence-corrected chi connectivity index (χ4v) is 3.73. The first-order valence-corrected chi connectivity index (χ1v) is 8.47. The third-order valence-corrected chi connectivity index (χ3v) is 5.21. The van der Waals surface area contributed by atoms with E-state index in [9.17, 15) is 14.7 Å². The van der Waals surface area contributed by atoms with Crippen molar-refractivity contribution in [1.82, 2.24) is 9.47 Å². The van der Waals surface area contributed by atoms with Crippen molar-refractivity contribution < 1.29 is 9.90 Å². The summed E-state index contributed by atoms with van der Waals surface area (Å²) in [6, 6.07) is -0.0446. The second-order valence-corrected chi connectivity index (χ2v) is 6.64. The molecule has 1 N–H and O–H groups in total. The Balaban J connectivity index is 1.82. The first-order chi connectivity index (χ1) is 10.0. The maximum atomic E-state index is 12.2. The van der Waals surface area contributed by atoms with E-state index in [1.807, 2.05) is 12.3 Å². The van der Waals surface area contributed by atoms with Gasteiger partial charge >= 0.3 is 4.87 Å². The molecule has 0 bridgehead atoms. The molecule has 21 heavy (non-hydrogen) atoms. The Bertz CT molecular complexity index is 537. The number of hydrogen-bond acceptors (Lipinski definition) is 4. The minimum Gasteiger partial charge on any atom is -0.391 e. The number of aliphatic hydroxyl groups is 1. The molecule has 1 saturated carbocycles. The fourth-order valence-electron chi connectivity index (χ4n) is 2.97. The molecule has 0 aromatic carbocycles. The van der Waals surface area contributed by atoms with Crippen LogP contribution in [0.3, 0.4) is 0 Å². The summed E-state index contributed by atoms with van der Waals surface area (Å²) < 4.78 is 1.72. The summed E-state index contributed by atoms with van der Waals surface area (Å²) in [6.07, 6.45) is 4.46. The summed E-state index contributed by atoms with van der Waals surface area (Å²) in [5, 5.41) is 11.8. The predicted octanol–water partition coefficient (Wildman–Crippen LogP) is 1.76. The molecule has 2 rings (SSSR count). The third-order valence-electron chi connectivity index (χ3n) is 4.33. The molecule has 5 nitrogen and oxygen atoms in total. The van der Waals surface area contributed by atoms with Gasteiger partial charge in [-0.15, -0.1) is 0 Å². The third kappa shape index (κ3) is 3.95. The van der Waals surface area contributed by atoms with Crippen LogP contribution in [0.25, 0.3) is 0 Å². The summed E-state index contributed by atoms with van der Waals surface area (Å²) in [6.45, 7) is 2.49. The van der Waals surface area contributed by atoms with E-state index in [2.05, 4.69) is 0 Å². The lowest BCUT2D eigenvalue weighted by Gasteiger charge is -2.35. The smallest absolute Gasteiger partial charge is 0.307 e. The zero-order valence-electron chi connectivity index (χ0n) is 12.7. The van der Waals surface area contributed by atoms with E-state index < -0.39 is 6.10 Å². The Morgan fingerprint density at radius 2 is 2.19 bits per heavy atom. The standard InChI is InChI=1S/C15H24N2O3S/c1-11-10-21-15(20)17(11)9-5-8-14(19)16(2)12-6-3-4-7-13(12)18/h10,12-13,18H,3-9H2,1-2H3. The van der Waals surface area contributed by atoms with Gasteiger partial charge < -0.3 is 14.6 Å². The molecule has 0 saturated heterocycles. The van der Waals surface area contributed by atoms with Crippen LogP contribution in [-0.4, -0.2) is 39.7 Å². The molecule has 2 atom stereocenters. The zero-order valence-corrected chi connectivity index (χ0v) is 13.6.